The Labute approximate surface area is 136 Å². The van der Waals surface area contributed by atoms with Crippen LogP contribution in [0.5, 0.6) is 0 Å². The number of rotatable bonds is 8. The molecule has 0 aromatic carbocycles. The lowest BCUT2D eigenvalue weighted by atomic mass is 10.1. The van der Waals surface area contributed by atoms with Crippen LogP contribution in [0.25, 0.3) is 0 Å². The number of halogens is 1. The third-order valence-electron chi connectivity index (χ3n) is 3.39. The lowest BCUT2D eigenvalue weighted by Crippen LogP contribution is -2.41. The Balaban J connectivity index is 3.28. The maximum Gasteiger partial charge on any atom is 0.247 e. The summed E-state index contributed by atoms with van der Waals surface area (Å²) in [7, 11) is -3.60. The summed E-state index contributed by atoms with van der Waals surface area (Å²) in [4.78, 5) is 0.163. The average Bonchev–Trinajstić information content (AvgIpc) is 2.80. The molecule has 0 saturated carbocycles. The van der Waals surface area contributed by atoms with E-state index in [0.29, 0.717) is 12.3 Å². The van der Waals surface area contributed by atoms with Crippen molar-refractivity contribution in [1.82, 2.24) is 4.31 Å². The molecule has 0 atom stereocenters. The molecule has 0 fully saturated rings. The number of nitrogens with two attached hydrogens (primary N) is 1. The van der Waals surface area contributed by atoms with Crippen molar-refractivity contribution in [3.05, 3.63) is 16.5 Å². The van der Waals surface area contributed by atoms with E-state index in [-0.39, 0.29) is 28.1 Å². The molecule has 7 heteroatoms. The van der Waals surface area contributed by atoms with Gasteiger partial charge in [0.2, 0.25) is 10.0 Å². The third kappa shape index (κ3) is 4.31. The highest BCUT2D eigenvalue weighted by Crippen LogP contribution is 2.31. The van der Waals surface area contributed by atoms with Gasteiger partial charge >= 0.3 is 0 Å². The topological polar surface area (TPSA) is 76.5 Å². The lowest BCUT2D eigenvalue weighted by molar-refractivity contribution is 0.276. The van der Waals surface area contributed by atoms with E-state index in [1.807, 2.05) is 27.7 Å². The zero-order valence-corrected chi connectivity index (χ0v) is 15.5. The van der Waals surface area contributed by atoms with E-state index >= 15 is 0 Å². The van der Waals surface area contributed by atoms with Crippen LogP contribution in [-0.2, 0) is 16.6 Å². The highest BCUT2D eigenvalue weighted by Gasteiger charge is 2.33. The summed E-state index contributed by atoms with van der Waals surface area (Å²) in [6.45, 7) is 8.70. The molecule has 0 unspecified atom stereocenters. The van der Waals surface area contributed by atoms with Crippen molar-refractivity contribution >= 4 is 26.0 Å². The number of hydrogen-bond donors (Lipinski definition) is 1. The molecule has 21 heavy (non-hydrogen) atoms. The van der Waals surface area contributed by atoms with E-state index in [4.69, 9.17) is 10.2 Å². The van der Waals surface area contributed by atoms with Crippen molar-refractivity contribution in [2.24, 2.45) is 11.7 Å². The van der Waals surface area contributed by atoms with Gasteiger partial charge in [0, 0.05) is 18.7 Å². The van der Waals surface area contributed by atoms with Crippen LogP contribution in [0, 0.1) is 5.92 Å². The van der Waals surface area contributed by atoms with Crippen molar-refractivity contribution in [2.75, 3.05) is 6.54 Å². The molecule has 0 saturated heterocycles. The molecular formula is C14H25BrN2O3S. The largest absolute Gasteiger partial charge is 0.452 e. The lowest BCUT2D eigenvalue weighted by Gasteiger charge is -2.30. The van der Waals surface area contributed by atoms with Gasteiger partial charge in [-0.1, -0.05) is 27.7 Å². The maximum absolute atomic E-state index is 13.0. The monoisotopic (exact) mass is 380 g/mol. The minimum atomic E-state index is -3.60. The van der Waals surface area contributed by atoms with E-state index in [1.54, 1.807) is 4.31 Å². The third-order valence-corrected chi connectivity index (χ3v) is 6.16. The van der Waals surface area contributed by atoms with Gasteiger partial charge in [0.05, 0.1) is 6.54 Å². The van der Waals surface area contributed by atoms with E-state index < -0.39 is 10.0 Å². The van der Waals surface area contributed by atoms with Gasteiger partial charge in [-0.2, -0.15) is 4.31 Å². The first-order valence-electron chi connectivity index (χ1n) is 7.27. The van der Waals surface area contributed by atoms with Gasteiger partial charge in [-0.15, -0.1) is 0 Å². The van der Waals surface area contributed by atoms with E-state index in [2.05, 4.69) is 15.9 Å². The molecule has 5 nitrogen and oxygen atoms in total. The van der Waals surface area contributed by atoms with Crippen LogP contribution in [-0.4, -0.2) is 25.3 Å². The first-order valence-corrected chi connectivity index (χ1v) is 9.51. The Kier molecular flexibility index (Phi) is 6.90. The Morgan fingerprint density at radius 3 is 2.29 bits per heavy atom. The minimum absolute atomic E-state index is 0.0134. The molecule has 0 bridgehead atoms. The summed E-state index contributed by atoms with van der Waals surface area (Å²) in [6.07, 6.45) is 1.56. The summed E-state index contributed by atoms with van der Waals surface area (Å²) in [6, 6.07) is 1.50. The van der Waals surface area contributed by atoms with Crippen molar-refractivity contribution in [2.45, 2.75) is 58.0 Å². The van der Waals surface area contributed by atoms with Gasteiger partial charge in [0.1, 0.15) is 10.7 Å². The summed E-state index contributed by atoms with van der Waals surface area (Å²) >= 11 is 3.19. The quantitative estimate of drug-likeness (QED) is 0.749. The van der Waals surface area contributed by atoms with Crippen molar-refractivity contribution < 1.29 is 12.8 Å². The summed E-state index contributed by atoms with van der Waals surface area (Å²) < 4.78 is 33.1. The number of furan rings is 1. The summed E-state index contributed by atoms with van der Waals surface area (Å²) in [5.41, 5.74) is 5.52. The van der Waals surface area contributed by atoms with Crippen LogP contribution >= 0.6 is 15.9 Å². The molecule has 0 aliphatic rings. The number of sulfonamides is 1. The fourth-order valence-corrected chi connectivity index (χ4v) is 5.20. The van der Waals surface area contributed by atoms with Crippen molar-refractivity contribution in [3.63, 3.8) is 0 Å². The van der Waals surface area contributed by atoms with Gasteiger partial charge < -0.3 is 10.2 Å². The Morgan fingerprint density at radius 2 is 1.90 bits per heavy atom. The zero-order chi connectivity index (χ0) is 16.2. The second-order valence-electron chi connectivity index (χ2n) is 5.49. The fraction of sp³-hybridized carbons (Fsp3) is 0.714. The molecule has 122 valence electrons. The van der Waals surface area contributed by atoms with Gasteiger partial charge in [0.25, 0.3) is 0 Å². The molecule has 0 spiro atoms. The molecule has 1 aromatic heterocycles. The average molecular weight is 381 g/mol. The van der Waals surface area contributed by atoms with Gasteiger partial charge in [-0.05, 0) is 34.7 Å². The predicted molar refractivity (Wildman–Crippen MR) is 87.4 cm³/mol. The highest BCUT2D eigenvalue weighted by molar-refractivity contribution is 9.10. The molecule has 0 aliphatic carbocycles. The van der Waals surface area contributed by atoms with E-state index in [9.17, 15) is 8.42 Å². The maximum atomic E-state index is 13.0. The second kappa shape index (κ2) is 7.76. The Hall–Kier alpha value is -0.370. The van der Waals surface area contributed by atoms with Gasteiger partial charge in [0.15, 0.2) is 4.67 Å². The van der Waals surface area contributed by atoms with Gasteiger partial charge in [-0.25, -0.2) is 8.42 Å². The SMILES string of the molecule is CCC(CC)N(CC(C)C)S(=O)(=O)c1cc(CN)oc1Br. The summed E-state index contributed by atoms with van der Waals surface area (Å²) in [5, 5.41) is 0. The van der Waals surface area contributed by atoms with Gasteiger partial charge in [-0.3, -0.25) is 0 Å². The molecule has 2 N–H and O–H groups in total. The first-order chi connectivity index (χ1) is 9.77. The van der Waals surface area contributed by atoms with E-state index in [1.165, 1.54) is 6.07 Å². The molecule has 1 heterocycles. The predicted octanol–water partition coefficient (Wildman–Crippen LogP) is 3.34. The first kappa shape index (κ1) is 18.7. The number of nitrogens with zero attached hydrogens (tertiary/aromatic N) is 1. The molecule has 0 amide bonds. The second-order valence-corrected chi connectivity index (χ2v) is 8.07. The molecule has 1 rings (SSSR count). The van der Waals surface area contributed by atoms with E-state index in [0.717, 1.165) is 12.8 Å². The van der Waals surface area contributed by atoms with Crippen LogP contribution in [0.4, 0.5) is 0 Å². The fourth-order valence-electron chi connectivity index (χ4n) is 2.30. The Bertz CT molecular complexity index is 551. The molecule has 0 aliphatic heterocycles. The van der Waals surface area contributed by atoms with Crippen molar-refractivity contribution in [1.29, 1.82) is 0 Å². The Morgan fingerprint density at radius 1 is 1.33 bits per heavy atom. The van der Waals surface area contributed by atoms with Crippen LogP contribution in [0.3, 0.4) is 0 Å². The highest BCUT2D eigenvalue weighted by atomic mass is 79.9. The van der Waals surface area contributed by atoms with Crippen LogP contribution in [0.15, 0.2) is 20.0 Å². The van der Waals surface area contributed by atoms with Crippen LogP contribution in [0.2, 0.25) is 0 Å². The normalized spacial score (nSPS) is 12.8. The van der Waals surface area contributed by atoms with Crippen molar-refractivity contribution in [3.8, 4) is 0 Å². The molecule has 1 aromatic rings. The number of hydrogen-bond acceptors (Lipinski definition) is 4. The molecular weight excluding hydrogens is 356 g/mol. The smallest absolute Gasteiger partial charge is 0.247 e. The summed E-state index contributed by atoms with van der Waals surface area (Å²) in [5.74, 6) is 0.703. The standard InChI is InChI=1S/C14H25BrN2O3S/c1-5-11(6-2)17(9-10(3)4)21(18,19)13-7-12(8-16)20-14(13)15/h7,10-11H,5-6,8-9,16H2,1-4H3. The van der Waals surface area contributed by atoms with Crippen LogP contribution < -0.4 is 5.73 Å². The van der Waals surface area contributed by atoms with Crippen LogP contribution in [0.1, 0.15) is 46.3 Å². The molecule has 0 radical (unpaired) electrons. The zero-order valence-electron chi connectivity index (χ0n) is 13.1. The minimum Gasteiger partial charge on any atom is -0.452 e.